The van der Waals surface area contributed by atoms with E-state index >= 15 is 0 Å². The Hall–Kier alpha value is -2.83. The van der Waals surface area contributed by atoms with Crippen LogP contribution in [0.2, 0.25) is 0 Å². The van der Waals surface area contributed by atoms with Crippen molar-refractivity contribution in [2.45, 2.75) is 31.7 Å². The number of carbonyl (C=O) groups is 1. The van der Waals surface area contributed by atoms with Crippen molar-refractivity contribution in [2.75, 3.05) is 32.9 Å². The van der Waals surface area contributed by atoms with Crippen molar-refractivity contribution in [3.8, 4) is 0 Å². The van der Waals surface area contributed by atoms with Crippen molar-refractivity contribution < 1.29 is 19.4 Å². The summed E-state index contributed by atoms with van der Waals surface area (Å²) in [7, 11) is 0. The van der Waals surface area contributed by atoms with Crippen LogP contribution in [0.1, 0.15) is 34.7 Å². The van der Waals surface area contributed by atoms with Gasteiger partial charge in [-0.05, 0) is 6.92 Å². The molecule has 4 heterocycles. The van der Waals surface area contributed by atoms with Crippen molar-refractivity contribution in [3.05, 3.63) is 44.5 Å². The summed E-state index contributed by atoms with van der Waals surface area (Å²) in [5.74, 6) is -0.226. The number of aliphatic hydroxyl groups excluding tert-OH is 1. The van der Waals surface area contributed by atoms with E-state index in [1.54, 1.807) is 11.8 Å². The molecule has 0 unspecified atom stereocenters. The van der Waals surface area contributed by atoms with Crippen LogP contribution in [0.5, 0.6) is 0 Å². The largest absolute Gasteiger partial charge is 0.394 e. The molecule has 2 fully saturated rings. The van der Waals surface area contributed by atoms with Crippen molar-refractivity contribution in [2.24, 2.45) is 0 Å². The molecule has 3 atom stereocenters. The van der Waals surface area contributed by atoms with Crippen LogP contribution in [0.15, 0.2) is 22.0 Å². The van der Waals surface area contributed by atoms with Crippen LogP contribution in [0, 0.1) is 6.92 Å². The Labute approximate surface area is 164 Å². The third-order valence-electron chi connectivity index (χ3n) is 5.25. The first kappa shape index (κ1) is 19.5. The predicted molar refractivity (Wildman–Crippen MR) is 97.5 cm³/mol. The first-order valence-electron chi connectivity index (χ1n) is 9.35. The first-order chi connectivity index (χ1) is 14.0. The van der Waals surface area contributed by atoms with Crippen LogP contribution in [0.3, 0.4) is 0 Å². The molecular formula is C17H22N6O6. The molecule has 2 N–H and O–H groups in total. The smallest absolute Gasteiger partial charge is 0.330 e. The first-order valence-corrected chi connectivity index (χ1v) is 9.35. The molecule has 156 valence electrons. The molecule has 2 aliphatic heterocycles. The third-order valence-corrected chi connectivity index (χ3v) is 5.25. The Balaban J connectivity index is 1.62. The molecule has 2 aromatic heterocycles. The number of rotatable bonds is 4. The van der Waals surface area contributed by atoms with E-state index in [1.165, 1.54) is 21.6 Å². The zero-order valence-corrected chi connectivity index (χ0v) is 15.9. The minimum absolute atomic E-state index is 0.226. The number of H-pyrrole nitrogens is 1. The minimum atomic E-state index is -0.726. The molecule has 0 radical (unpaired) electrons. The van der Waals surface area contributed by atoms with Gasteiger partial charge in [0.2, 0.25) is 0 Å². The highest BCUT2D eigenvalue weighted by Gasteiger charge is 2.40. The van der Waals surface area contributed by atoms with Crippen molar-refractivity contribution in [1.29, 1.82) is 0 Å². The molecule has 0 bridgehead atoms. The van der Waals surface area contributed by atoms with E-state index < -0.39 is 29.6 Å². The number of aromatic amines is 1. The number of nitrogens with one attached hydrogen (secondary N) is 1. The van der Waals surface area contributed by atoms with Crippen molar-refractivity contribution in [1.82, 2.24) is 29.4 Å². The van der Waals surface area contributed by atoms with Crippen LogP contribution in [0.25, 0.3) is 0 Å². The van der Waals surface area contributed by atoms with Gasteiger partial charge in [0.05, 0.1) is 32.1 Å². The number of aromatic nitrogens is 5. The fourth-order valence-electron chi connectivity index (χ4n) is 3.68. The van der Waals surface area contributed by atoms with Gasteiger partial charge in [0.1, 0.15) is 18.0 Å². The summed E-state index contributed by atoms with van der Waals surface area (Å²) >= 11 is 0. The number of hydrogen-bond acceptors (Lipinski definition) is 8. The number of ether oxygens (including phenoxy) is 2. The van der Waals surface area contributed by atoms with Gasteiger partial charge in [0, 0.05) is 31.3 Å². The fourth-order valence-corrected chi connectivity index (χ4v) is 3.68. The average Bonchev–Trinajstić information content (AvgIpc) is 3.37. The number of nitrogens with zero attached hydrogens (tertiary/aromatic N) is 5. The molecule has 12 nitrogen and oxygen atoms in total. The van der Waals surface area contributed by atoms with E-state index in [1.807, 2.05) is 0 Å². The quantitative estimate of drug-likeness (QED) is 0.620. The Morgan fingerprint density at radius 1 is 1.34 bits per heavy atom. The molecule has 0 aromatic carbocycles. The second-order valence-electron chi connectivity index (χ2n) is 7.06. The summed E-state index contributed by atoms with van der Waals surface area (Å²) in [5.41, 5.74) is -0.425. The molecule has 4 rings (SSSR count). The molecule has 0 aliphatic carbocycles. The molecule has 0 spiro atoms. The number of hydrogen-bond donors (Lipinski definition) is 2. The van der Waals surface area contributed by atoms with E-state index in [0.717, 1.165) is 0 Å². The third kappa shape index (κ3) is 3.61. The topological polar surface area (TPSA) is 145 Å². The van der Waals surface area contributed by atoms with Crippen LogP contribution >= 0.6 is 0 Å². The van der Waals surface area contributed by atoms with E-state index in [4.69, 9.17) is 9.47 Å². The normalized spacial score (nSPS) is 24.8. The van der Waals surface area contributed by atoms with Gasteiger partial charge in [-0.2, -0.15) is 0 Å². The molecule has 0 saturated carbocycles. The van der Waals surface area contributed by atoms with E-state index in [-0.39, 0.29) is 24.6 Å². The zero-order valence-electron chi connectivity index (χ0n) is 15.9. The van der Waals surface area contributed by atoms with Crippen LogP contribution in [0.4, 0.5) is 0 Å². The molecule has 2 aliphatic rings. The lowest BCUT2D eigenvalue weighted by Crippen LogP contribution is -2.42. The highest BCUT2D eigenvalue weighted by molar-refractivity contribution is 5.92. The van der Waals surface area contributed by atoms with Gasteiger partial charge >= 0.3 is 5.69 Å². The summed E-state index contributed by atoms with van der Waals surface area (Å²) in [5, 5.41) is 17.7. The second-order valence-corrected chi connectivity index (χ2v) is 7.06. The Morgan fingerprint density at radius 2 is 2.10 bits per heavy atom. The maximum Gasteiger partial charge on any atom is 0.330 e. The average molecular weight is 406 g/mol. The van der Waals surface area contributed by atoms with Crippen molar-refractivity contribution >= 4 is 5.91 Å². The molecule has 2 saturated heterocycles. The Kier molecular flexibility index (Phi) is 5.30. The van der Waals surface area contributed by atoms with Gasteiger partial charge in [0.15, 0.2) is 0 Å². The number of carbonyl (C=O) groups excluding carboxylic acids is 1. The summed E-state index contributed by atoms with van der Waals surface area (Å²) in [4.78, 5) is 40.6. The predicted octanol–water partition coefficient (Wildman–Crippen LogP) is -1.57. The maximum atomic E-state index is 12.9. The molecule has 29 heavy (non-hydrogen) atoms. The second kappa shape index (κ2) is 7.89. The zero-order chi connectivity index (χ0) is 20.5. The molecule has 2 aromatic rings. The Bertz CT molecular complexity index is 1010. The van der Waals surface area contributed by atoms with E-state index in [2.05, 4.69) is 15.3 Å². The van der Waals surface area contributed by atoms with Gasteiger partial charge in [-0.1, -0.05) is 5.21 Å². The molecular weight excluding hydrogens is 384 g/mol. The SMILES string of the molecule is Cc1cn([C@H]2C[C@H](n3nncc3C(=O)N3CCOCC3)[C@@H](CO)O2)c(=O)[nH]c1=O. The van der Waals surface area contributed by atoms with Crippen LogP contribution < -0.4 is 11.2 Å². The summed E-state index contributed by atoms with van der Waals surface area (Å²) in [6, 6.07) is -0.508. The monoisotopic (exact) mass is 406 g/mol. The minimum Gasteiger partial charge on any atom is -0.394 e. The number of aryl methyl sites for hydroxylation is 1. The summed E-state index contributed by atoms with van der Waals surface area (Å²) in [6.07, 6.45) is 1.65. The van der Waals surface area contributed by atoms with Gasteiger partial charge in [-0.3, -0.25) is 19.1 Å². The van der Waals surface area contributed by atoms with Gasteiger partial charge < -0.3 is 19.5 Å². The molecule has 1 amide bonds. The number of morpholine rings is 1. The highest BCUT2D eigenvalue weighted by atomic mass is 16.5. The van der Waals surface area contributed by atoms with Crippen molar-refractivity contribution in [3.63, 3.8) is 0 Å². The lowest BCUT2D eigenvalue weighted by molar-refractivity contribution is -0.0325. The fraction of sp³-hybridized carbons (Fsp3) is 0.588. The van der Waals surface area contributed by atoms with Gasteiger partial charge in [-0.15, -0.1) is 5.10 Å². The number of amides is 1. The van der Waals surface area contributed by atoms with E-state index in [9.17, 15) is 19.5 Å². The maximum absolute atomic E-state index is 12.9. The van der Waals surface area contributed by atoms with Gasteiger partial charge in [-0.25, -0.2) is 9.48 Å². The summed E-state index contributed by atoms with van der Waals surface area (Å²) < 4.78 is 13.9. The standard InChI is InChI=1S/C17H22N6O6/c1-10-8-22(17(27)19-15(10)25)14-6-11(13(9-24)29-14)23-12(7-18-20-23)16(26)21-2-4-28-5-3-21/h7-8,11,13-14,24H,2-6,9H2,1H3,(H,19,25,27)/t11-,13+,14+/m0/s1. The van der Waals surface area contributed by atoms with Crippen LogP contribution in [-0.2, 0) is 9.47 Å². The summed E-state index contributed by atoms with van der Waals surface area (Å²) in [6.45, 7) is 3.14. The van der Waals surface area contributed by atoms with Crippen LogP contribution in [-0.4, -0.2) is 79.5 Å². The molecule has 12 heteroatoms. The Morgan fingerprint density at radius 3 is 2.83 bits per heavy atom. The number of aliphatic hydroxyl groups is 1. The lowest BCUT2D eigenvalue weighted by atomic mass is 10.1. The van der Waals surface area contributed by atoms with E-state index in [0.29, 0.717) is 31.9 Å². The highest BCUT2D eigenvalue weighted by Crippen LogP contribution is 2.36. The van der Waals surface area contributed by atoms with Gasteiger partial charge in [0.25, 0.3) is 11.5 Å². The lowest BCUT2D eigenvalue weighted by Gasteiger charge is -2.27.